The molecule has 6 heteroatoms. The number of urea groups is 1. The molecule has 2 unspecified atom stereocenters. The van der Waals surface area contributed by atoms with Crippen LogP contribution in [0.5, 0.6) is 0 Å². The summed E-state index contributed by atoms with van der Waals surface area (Å²) < 4.78 is 5.43. The second-order valence-electron chi connectivity index (χ2n) is 3.80. The van der Waals surface area contributed by atoms with Gasteiger partial charge in [0.15, 0.2) is 0 Å². The van der Waals surface area contributed by atoms with Crippen molar-refractivity contribution in [2.24, 2.45) is 0 Å². The van der Waals surface area contributed by atoms with Crippen molar-refractivity contribution in [1.82, 2.24) is 10.6 Å². The van der Waals surface area contributed by atoms with Crippen LogP contribution in [0.2, 0.25) is 0 Å². The standard InChI is InChI=1S/C10H17ClN2O3/c1-7(11)9(14)13-10(15)12-6-8-4-2-3-5-16-8/h7-8H,2-6H2,1H3,(H2,12,13,14,15). The average Bonchev–Trinajstić information content (AvgIpc) is 2.27. The highest BCUT2D eigenvalue weighted by atomic mass is 35.5. The highest BCUT2D eigenvalue weighted by Gasteiger charge is 2.16. The summed E-state index contributed by atoms with van der Waals surface area (Å²) >= 11 is 5.50. The first-order valence-electron chi connectivity index (χ1n) is 5.44. The number of ether oxygens (including phenoxy) is 1. The van der Waals surface area contributed by atoms with Crippen LogP contribution in [0.3, 0.4) is 0 Å². The molecule has 1 aliphatic rings. The molecule has 0 spiro atoms. The molecule has 0 radical (unpaired) electrons. The molecule has 92 valence electrons. The zero-order chi connectivity index (χ0) is 12.0. The smallest absolute Gasteiger partial charge is 0.321 e. The Balaban J connectivity index is 2.16. The highest BCUT2D eigenvalue weighted by molar-refractivity contribution is 6.31. The Kier molecular flexibility index (Phi) is 5.55. The number of nitrogens with one attached hydrogen (secondary N) is 2. The molecule has 2 atom stereocenters. The third-order valence-electron chi connectivity index (χ3n) is 2.36. The molecular weight excluding hydrogens is 232 g/mol. The summed E-state index contributed by atoms with van der Waals surface area (Å²) in [5.74, 6) is -0.497. The van der Waals surface area contributed by atoms with Crippen molar-refractivity contribution >= 4 is 23.5 Å². The SMILES string of the molecule is CC(Cl)C(=O)NC(=O)NCC1CCCCO1. The van der Waals surface area contributed by atoms with Crippen LogP contribution in [0.25, 0.3) is 0 Å². The molecule has 1 saturated heterocycles. The molecule has 0 aromatic heterocycles. The number of hydrogen-bond donors (Lipinski definition) is 2. The van der Waals surface area contributed by atoms with Gasteiger partial charge in [0.1, 0.15) is 5.38 Å². The summed E-state index contributed by atoms with van der Waals surface area (Å²) in [6.45, 7) is 2.68. The van der Waals surface area contributed by atoms with E-state index in [1.165, 1.54) is 6.92 Å². The van der Waals surface area contributed by atoms with Gasteiger partial charge < -0.3 is 10.1 Å². The maximum Gasteiger partial charge on any atom is 0.321 e. The van der Waals surface area contributed by atoms with Crippen molar-refractivity contribution in [3.8, 4) is 0 Å². The summed E-state index contributed by atoms with van der Waals surface area (Å²) in [6.07, 6.45) is 3.19. The average molecular weight is 249 g/mol. The molecule has 1 rings (SSSR count). The number of rotatable bonds is 3. The van der Waals surface area contributed by atoms with Crippen molar-refractivity contribution in [3.05, 3.63) is 0 Å². The van der Waals surface area contributed by atoms with Crippen LogP contribution < -0.4 is 10.6 Å². The van der Waals surface area contributed by atoms with E-state index >= 15 is 0 Å². The van der Waals surface area contributed by atoms with Crippen LogP contribution in [-0.2, 0) is 9.53 Å². The van der Waals surface area contributed by atoms with Gasteiger partial charge >= 0.3 is 6.03 Å². The van der Waals surface area contributed by atoms with E-state index in [0.29, 0.717) is 6.54 Å². The minimum Gasteiger partial charge on any atom is -0.376 e. The summed E-state index contributed by atoms with van der Waals surface area (Å²) in [5, 5.41) is 4.01. The van der Waals surface area contributed by atoms with Crippen LogP contribution in [0.15, 0.2) is 0 Å². The van der Waals surface area contributed by atoms with Gasteiger partial charge in [0.25, 0.3) is 0 Å². The van der Waals surface area contributed by atoms with Crippen LogP contribution >= 0.6 is 11.6 Å². The third-order valence-corrected chi connectivity index (χ3v) is 2.56. The zero-order valence-corrected chi connectivity index (χ0v) is 10.0. The van der Waals surface area contributed by atoms with Gasteiger partial charge in [-0.3, -0.25) is 10.1 Å². The predicted octanol–water partition coefficient (Wildman–Crippen LogP) is 1.01. The maximum absolute atomic E-state index is 11.2. The topological polar surface area (TPSA) is 67.4 Å². The summed E-state index contributed by atoms with van der Waals surface area (Å²) in [5.41, 5.74) is 0. The van der Waals surface area contributed by atoms with Crippen LogP contribution in [-0.4, -0.2) is 36.6 Å². The van der Waals surface area contributed by atoms with Crippen LogP contribution in [0.4, 0.5) is 4.79 Å². The second kappa shape index (κ2) is 6.70. The molecule has 2 N–H and O–H groups in total. The van der Waals surface area contributed by atoms with E-state index in [0.717, 1.165) is 25.9 Å². The van der Waals surface area contributed by atoms with E-state index in [2.05, 4.69) is 10.6 Å². The predicted molar refractivity (Wildman–Crippen MR) is 60.4 cm³/mol. The zero-order valence-electron chi connectivity index (χ0n) is 9.29. The summed E-state index contributed by atoms with van der Waals surface area (Å²) in [7, 11) is 0. The number of alkyl halides is 1. The Hall–Kier alpha value is -0.810. The first-order valence-corrected chi connectivity index (χ1v) is 5.87. The highest BCUT2D eigenvalue weighted by Crippen LogP contribution is 2.11. The lowest BCUT2D eigenvalue weighted by Gasteiger charge is -2.22. The molecule has 0 aliphatic carbocycles. The van der Waals surface area contributed by atoms with E-state index in [1.807, 2.05) is 0 Å². The minimum atomic E-state index is -0.711. The molecule has 0 saturated carbocycles. The van der Waals surface area contributed by atoms with Gasteiger partial charge in [-0.25, -0.2) is 4.79 Å². The molecule has 16 heavy (non-hydrogen) atoms. The van der Waals surface area contributed by atoms with E-state index in [-0.39, 0.29) is 6.10 Å². The Labute approximate surface area is 99.9 Å². The second-order valence-corrected chi connectivity index (χ2v) is 4.46. The Morgan fingerprint density at radius 2 is 2.25 bits per heavy atom. The summed E-state index contributed by atoms with van der Waals surface area (Å²) in [6, 6.07) is -0.522. The fraction of sp³-hybridized carbons (Fsp3) is 0.800. The number of hydrogen-bond acceptors (Lipinski definition) is 3. The van der Waals surface area contributed by atoms with Crippen LogP contribution in [0, 0.1) is 0 Å². The first-order chi connectivity index (χ1) is 7.59. The lowest BCUT2D eigenvalue weighted by atomic mass is 10.1. The van der Waals surface area contributed by atoms with Gasteiger partial charge in [0.05, 0.1) is 6.10 Å². The van der Waals surface area contributed by atoms with Gasteiger partial charge in [0, 0.05) is 13.2 Å². The monoisotopic (exact) mass is 248 g/mol. The van der Waals surface area contributed by atoms with Crippen molar-refractivity contribution < 1.29 is 14.3 Å². The molecule has 1 aliphatic heterocycles. The molecule has 1 heterocycles. The van der Waals surface area contributed by atoms with Gasteiger partial charge in [-0.15, -0.1) is 11.6 Å². The van der Waals surface area contributed by atoms with Gasteiger partial charge in [-0.2, -0.15) is 0 Å². The van der Waals surface area contributed by atoms with Crippen molar-refractivity contribution in [3.63, 3.8) is 0 Å². The van der Waals surface area contributed by atoms with E-state index in [4.69, 9.17) is 16.3 Å². The largest absolute Gasteiger partial charge is 0.376 e. The quantitative estimate of drug-likeness (QED) is 0.733. The fourth-order valence-corrected chi connectivity index (χ4v) is 1.49. The molecule has 0 aromatic carbocycles. The van der Waals surface area contributed by atoms with Crippen LogP contribution in [0.1, 0.15) is 26.2 Å². The maximum atomic E-state index is 11.2. The number of carbonyl (C=O) groups is 2. The Morgan fingerprint density at radius 1 is 1.50 bits per heavy atom. The van der Waals surface area contributed by atoms with Crippen molar-refractivity contribution in [2.75, 3.05) is 13.2 Å². The number of imide groups is 1. The Morgan fingerprint density at radius 3 is 2.81 bits per heavy atom. The van der Waals surface area contributed by atoms with E-state index in [1.54, 1.807) is 0 Å². The van der Waals surface area contributed by atoms with Gasteiger partial charge in [-0.1, -0.05) is 0 Å². The normalized spacial score (nSPS) is 22.2. The first kappa shape index (κ1) is 13.3. The van der Waals surface area contributed by atoms with Gasteiger partial charge in [-0.05, 0) is 26.2 Å². The molecule has 0 bridgehead atoms. The number of amides is 3. The van der Waals surface area contributed by atoms with E-state index in [9.17, 15) is 9.59 Å². The molecule has 1 fully saturated rings. The lowest BCUT2D eigenvalue weighted by molar-refractivity contribution is -0.119. The summed E-state index contributed by atoms with van der Waals surface area (Å²) in [4.78, 5) is 22.3. The minimum absolute atomic E-state index is 0.0584. The van der Waals surface area contributed by atoms with E-state index < -0.39 is 17.3 Å². The van der Waals surface area contributed by atoms with Crippen molar-refractivity contribution in [2.45, 2.75) is 37.7 Å². The van der Waals surface area contributed by atoms with Gasteiger partial charge in [0.2, 0.25) is 5.91 Å². The molecule has 5 nitrogen and oxygen atoms in total. The van der Waals surface area contributed by atoms with Crippen molar-refractivity contribution in [1.29, 1.82) is 0 Å². The number of carbonyl (C=O) groups excluding carboxylic acids is 2. The Bertz CT molecular complexity index is 252. The fourth-order valence-electron chi connectivity index (χ4n) is 1.43. The molecular formula is C10H17ClN2O3. The lowest BCUT2D eigenvalue weighted by Crippen LogP contribution is -2.45. The number of halogens is 1. The third kappa shape index (κ3) is 4.81. The molecule has 3 amide bonds. The molecule has 0 aromatic rings.